The molecule has 1 aromatic carbocycles. The highest BCUT2D eigenvalue weighted by Gasteiger charge is 2.37. The minimum atomic E-state index is -0.606. The molecule has 1 aliphatic heterocycles. The van der Waals surface area contributed by atoms with Gasteiger partial charge in [0.05, 0.1) is 23.6 Å². The molecule has 1 aliphatic rings. The number of para-hydroxylation sites is 1. The second-order valence-electron chi connectivity index (χ2n) is 9.96. The molecular weight excluding hydrogens is 516 g/mol. The third kappa shape index (κ3) is 5.99. The first-order valence-corrected chi connectivity index (χ1v) is 13.1. The minimum absolute atomic E-state index is 0.0315. The van der Waals surface area contributed by atoms with E-state index >= 15 is 0 Å². The Morgan fingerprint density at radius 3 is 2.65 bits per heavy atom. The molecule has 208 valence electrons. The van der Waals surface area contributed by atoms with E-state index in [1.165, 1.54) is 12.3 Å². The van der Waals surface area contributed by atoms with Crippen molar-refractivity contribution in [1.29, 1.82) is 0 Å². The number of hydroxylamine groups is 2. The number of ether oxygens (including phenoxy) is 1. The maximum absolute atomic E-state index is 14.9. The van der Waals surface area contributed by atoms with Crippen LogP contribution >= 0.6 is 0 Å². The quantitative estimate of drug-likeness (QED) is 0.259. The SMILES string of the molecule is COCCN1C[C@@H](CC(=O)Cc2c(C)c(-c3ccc(C)nc3F)nn2-c2ccccc2)[C@H](c2ccnc(F)c2)O1. The molecule has 0 amide bonds. The number of hydrogen-bond donors (Lipinski definition) is 0. The van der Waals surface area contributed by atoms with Gasteiger partial charge in [0, 0.05) is 50.8 Å². The number of hydrogen-bond acceptors (Lipinski definition) is 7. The van der Waals surface area contributed by atoms with Crippen LogP contribution in [0, 0.1) is 31.7 Å². The molecule has 4 heterocycles. The molecular formula is C30H31F2N5O3. The molecule has 8 nitrogen and oxygen atoms in total. The number of nitrogens with zero attached hydrogens (tertiary/aromatic N) is 5. The van der Waals surface area contributed by atoms with Crippen molar-refractivity contribution in [2.24, 2.45) is 5.92 Å². The third-order valence-electron chi connectivity index (χ3n) is 7.09. The summed E-state index contributed by atoms with van der Waals surface area (Å²) in [6.07, 6.45) is 1.18. The lowest BCUT2D eigenvalue weighted by molar-refractivity contribution is -0.155. The molecule has 0 aliphatic carbocycles. The van der Waals surface area contributed by atoms with Crippen molar-refractivity contribution >= 4 is 5.78 Å². The van der Waals surface area contributed by atoms with Crippen LogP contribution in [0.25, 0.3) is 16.9 Å². The van der Waals surface area contributed by atoms with Crippen LogP contribution in [0.4, 0.5) is 8.78 Å². The molecule has 0 spiro atoms. The van der Waals surface area contributed by atoms with E-state index in [1.54, 1.807) is 42.0 Å². The summed E-state index contributed by atoms with van der Waals surface area (Å²) in [5.41, 5.74) is 4.06. The van der Waals surface area contributed by atoms with Crippen molar-refractivity contribution in [2.45, 2.75) is 32.8 Å². The number of carbonyl (C=O) groups is 1. The molecule has 0 saturated carbocycles. The molecule has 5 rings (SSSR count). The Morgan fingerprint density at radius 2 is 1.93 bits per heavy atom. The topological polar surface area (TPSA) is 82.4 Å². The minimum Gasteiger partial charge on any atom is -0.383 e. The van der Waals surface area contributed by atoms with Crippen molar-refractivity contribution in [3.8, 4) is 16.9 Å². The van der Waals surface area contributed by atoms with Crippen LogP contribution < -0.4 is 0 Å². The maximum Gasteiger partial charge on any atom is 0.222 e. The zero-order chi connectivity index (χ0) is 28.2. The van der Waals surface area contributed by atoms with Crippen molar-refractivity contribution < 1.29 is 23.1 Å². The fourth-order valence-electron chi connectivity index (χ4n) is 5.11. The maximum atomic E-state index is 14.9. The number of aromatic nitrogens is 4. The van der Waals surface area contributed by atoms with Gasteiger partial charge in [-0.25, -0.2) is 14.6 Å². The van der Waals surface area contributed by atoms with Gasteiger partial charge in [0.1, 0.15) is 17.6 Å². The summed E-state index contributed by atoms with van der Waals surface area (Å²) < 4.78 is 35.7. The van der Waals surface area contributed by atoms with Crippen molar-refractivity contribution in [3.63, 3.8) is 0 Å². The van der Waals surface area contributed by atoms with Crippen molar-refractivity contribution in [3.05, 3.63) is 95.2 Å². The first-order chi connectivity index (χ1) is 19.3. The molecule has 0 bridgehead atoms. The number of rotatable bonds is 10. The lowest BCUT2D eigenvalue weighted by atomic mass is 9.91. The Kier molecular flexibility index (Phi) is 8.39. The molecule has 1 fully saturated rings. The number of halogens is 2. The first-order valence-electron chi connectivity index (χ1n) is 13.1. The van der Waals surface area contributed by atoms with Gasteiger partial charge >= 0.3 is 0 Å². The number of ketones is 1. The predicted molar refractivity (Wildman–Crippen MR) is 145 cm³/mol. The largest absolute Gasteiger partial charge is 0.383 e. The second-order valence-corrected chi connectivity index (χ2v) is 9.96. The van der Waals surface area contributed by atoms with E-state index in [0.717, 1.165) is 5.69 Å². The molecule has 3 aromatic heterocycles. The summed E-state index contributed by atoms with van der Waals surface area (Å²) in [5.74, 6) is -1.45. The van der Waals surface area contributed by atoms with Crippen LogP contribution in [0.2, 0.25) is 0 Å². The number of methoxy groups -OCH3 is 1. The van der Waals surface area contributed by atoms with Gasteiger partial charge in [-0.05, 0) is 61.4 Å². The lowest BCUT2D eigenvalue weighted by Gasteiger charge is -2.17. The predicted octanol–water partition coefficient (Wildman–Crippen LogP) is 4.98. The Morgan fingerprint density at radius 1 is 1.12 bits per heavy atom. The standard InChI is InChI=1S/C30H31F2N5O3/c1-19-9-10-25(30(32)34-19)28-20(2)26(37(35-28)23-7-5-4-6-8-23)17-24(38)15-22-18-36(13-14-39-3)40-29(22)21-11-12-33-27(31)16-21/h4-12,16,22,29H,13-15,17-18H2,1-3H3/t22-,29+/m1/s1. The third-order valence-corrected chi connectivity index (χ3v) is 7.09. The number of aryl methyl sites for hydroxylation is 1. The van der Waals surface area contributed by atoms with Crippen LogP contribution in [0.5, 0.6) is 0 Å². The summed E-state index contributed by atoms with van der Waals surface area (Å²) in [6, 6.07) is 15.9. The van der Waals surface area contributed by atoms with E-state index < -0.39 is 18.0 Å². The van der Waals surface area contributed by atoms with Gasteiger partial charge in [0.15, 0.2) is 0 Å². The molecule has 2 atom stereocenters. The van der Waals surface area contributed by atoms with E-state index in [-0.39, 0.29) is 30.1 Å². The molecule has 40 heavy (non-hydrogen) atoms. The van der Waals surface area contributed by atoms with Gasteiger partial charge < -0.3 is 4.74 Å². The Balaban J connectivity index is 1.44. The Labute approximate surface area is 231 Å². The fourth-order valence-corrected chi connectivity index (χ4v) is 5.11. The van der Waals surface area contributed by atoms with E-state index in [2.05, 4.69) is 9.97 Å². The second kappa shape index (κ2) is 12.1. The highest BCUT2D eigenvalue weighted by atomic mass is 19.1. The monoisotopic (exact) mass is 547 g/mol. The van der Waals surface area contributed by atoms with Crippen molar-refractivity contribution in [1.82, 2.24) is 24.8 Å². The van der Waals surface area contributed by atoms with Crippen LogP contribution in [0.15, 0.2) is 60.8 Å². The molecule has 0 radical (unpaired) electrons. The van der Waals surface area contributed by atoms with Crippen LogP contribution in [-0.4, -0.2) is 57.4 Å². The van der Waals surface area contributed by atoms with E-state index in [9.17, 15) is 13.6 Å². The summed E-state index contributed by atoms with van der Waals surface area (Å²) in [5, 5.41) is 6.49. The highest BCUT2D eigenvalue weighted by molar-refractivity contribution is 5.82. The van der Waals surface area contributed by atoms with Crippen LogP contribution in [0.3, 0.4) is 0 Å². The summed E-state index contributed by atoms with van der Waals surface area (Å²) in [6.45, 7) is 5.04. The average molecular weight is 548 g/mol. The number of pyridine rings is 2. The lowest BCUT2D eigenvalue weighted by Crippen LogP contribution is -2.24. The van der Waals surface area contributed by atoms with Gasteiger partial charge in [-0.2, -0.15) is 18.9 Å². The van der Waals surface area contributed by atoms with E-state index in [4.69, 9.17) is 14.7 Å². The fraction of sp³-hybridized carbons (Fsp3) is 0.333. The molecule has 10 heteroatoms. The number of carbonyl (C=O) groups excluding carboxylic acids is 1. The summed E-state index contributed by atoms with van der Waals surface area (Å²) in [7, 11) is 1.61. The number of benzene rings is 1. The molecule has 0 unspecified atom stereocenters. The van der Waals surface area contributed by atoms with Crippen LogP contribution in [0.1, 0.15) is 35.0 Å². The summed E-state index contributed by atoms with van der Waals surface area (Å²) >= 11 is 0. The van der Waals surface area contributed by atoms with Gasteiger partial charge in [0.2, 0.25) is 11.9 Å². The van der Waals surface area contributed by atoms with Gasteiger partial charge in [0.25, 0.3) is 0 Å². The smallest absolute Gasteiger partial charge is 0.222 e. The first kappa shape index (κ1) is 27.7. The molecule has 1 saturated heterocycles. The normalized spacial score (nSPS) is 17.4. The Bertz CT molecular complexity index is 1490. The Hall–Kier alpha value is -3.86. The number of Topliss-reactive ketones (excluding diaryl/α,β-unsaturated/α-hetero) is 1. The van der Waals surface area contributed by atoms with E-state index in [1.807, 2.05) is 37.3 Å². The zero-order valence-electron chi connectivity index (χ0n) is 22.7. The van der Waals surface area contributed by atoms with Crippen molar-refractivity contribution in [2.75, 3.05) is 26.8 Å². The summed E-state index contributed by atoms with van der Waals surface area (Å²) in [4.78, 5) is 27.3. The molecule has 4 aromatic rings. The van der Waals surface area contributed by atoms with Gasteiger partial charge in [-0.15, -0.1) is 0 Å². The zero-order valence-corrected chi connectivity index (χ0v) is 22.7. The van der Waals surface area contributed by atoms with Gasteiger partial charge in [-0.1, -0.05) is 18.2 Å². The van der Waals surface area contributed by atoms with Crippen LogP contribution in [-0.2, 0) is 20.8 Å². The van der Waals surface area contributed by atoms with E-state index in [0.29, 0.717) is 47.9 Å². The highest BCUT2D eigenvalue weighted by Crippen LogP contribution is 2.37. The van der Waals surface area contributed by atoms with Gasteiger partial charge in [-0.3, -0.25) is 9.63 Å². The average Bonchev–Trinajstić information content (AvgIpc) is 3.48. The molecule has 0 N–H and O–H groups in total.